The fraction of sp³-hybridized carbons (Fsp3) is 0.905. The predicted octanol–water partition coefficient (Wildman–Crippen LogP) is 3.90. The molecule has 8 unspecified atom stereocenters. The Bertz CT molecular complexity index is 542. The Morgan fingerprint density at radius 2 is 1.91 bits per heavy atom. The monoisotopic (exact) mass is 315 g/mol. The normalized spacial score (nSPS) is 58.0. The highest BCUT2D eigenvalue weighted by Gasteiger charge is 2.62. The summed E-state index contributed by atoms with van der Waals surface area (Å²) in [4.78, 5) is 0. The van der Waals surface area contributed by atoms with Gasteiger partial charge in [-0.3, -0.25) is 0 Å². The van der Waals surface area contributed by atoms with E-state index in [1.807, 2.05) is 0 Å². The van der Waals surface area contributed by atoms with Crippen LogP contribution >= 0.6 is 0 Å². The van der Waals surface area contributed by atoms with Crippen LogP contribution in [-0.2, 0) is 0 Å². The molecule has 1 heterocycles. The number of aliphatic hydroxyl groups is 1. The Hall–Kier alpha value is -0.340. The van der Waals surface area contributed by atoms with Gasteiger partial charge in [-0.15, -0.1) is 0 Å². The van der Waals surface area contributed by atoms with E-state index in [1.165, 1.54) is 45.1 Å². The Morgan fingerprint density at radius 3 is 2.78 bits per heavy atom. The molecule has 128 valence electrons. The van der Waals surface area contributed by atoms with Gasteiger partial charge < -0.3 is 10.4 Å². The number of allylic oxidation sites excluding steroid dienone is 1. The SMILES string of the molecule is CC1NCC23CCC4C(CC=C5CC(O)CCC54C)C2CCC13. The van der Waals surface area contributed by atoms with Gasteiger partial charge in [0.1, 0.15) is 0 Å². The molecule has 0 amide bonds. The molecule has 1 saturated heterocycles. The van der Waals surface area contributed by atoms with E-state index in [0.29, 0.717) is 10.8 Å². The summed E-state index contributed by atoms with van der Waals surface area (Å²) in [5.41, 5.74) is 2.65. The quantitative estimate of drug-likeness (QED) is 0.665. The lowest BCUT2D eigenvalue weighted by Crippen LogP contribution is -2.51. The van der Waals surface area contributed by atoms with E-state index < -0.39 is 0 Å². The zero-order valence-electron chi connectivity index (χ0n) is 14.9. The second-order valence-electron chi connectivity index (χ2n) is 9.78. The fourth-order valence-electron chi connectivity index (χ4n) is 8.08. The largest absolute Gasteiger partial charge is 0.393 e. The van der Waals surface area contributed by atoms with Crippen LogP contribution in [0.5, 0.6) is 0 Å². The molecule has 2 heteroatoms. The maximum Gasteiger partial charge on any atom is 0.0577 e. The minimum Gasteiger partial charge on any atom is -0.393 e. The van der Waals surface area contributed by atoms with Gasteiger partial charge in [0.05, 0.1) is 6.10 Å². The molecule has 23 heavy (non-hydrogen) atoms. The van der Waals surface area contributed by atoms with E-state index >= 15 is 0 Å². The van der Waals surface area contributed by atoms with Crippen LogP contribution in [0.3, 0.4) is 0 Å². The molecule has 0 aromatic carbocycles. The van der Waals surface area contributed by atoms with Gasteiger partial charge in [-0.25, -0.2) is 0 Å². The highest BCUT2D eigenvalue weighted by atomic mass is 16.3. The average Bonchev–Trinajstić information content (AvgIpc) is 3.06. The van der Waals surface area contributed by atoms with Gasteiger partial charge in [-0.05, 0) is 92.8 Å². The first-order valence-electron chi connectivity index (χ1n) is 10.2. The number of rotatable bonds is 0. The fourth-order valence-corrected chi connectivity index (χ4v) is 8.08. The Kier molecular flexibility index (Phi) is 3.15. The van der Waals surface area contributed by atoms with E-state index in [2.05, 4.69) is 25.2 Å². The van der Waals surface area contributed by atoms with Crippen molar-refractivity contribution in [2.45, 2.75) is 77.4 Å². The van der Waals surface area contributed by atoms with Gasteiger partial charge in [-0.1, -0.05) is 18.6 Å². The maximum atomic E-state index is 10.1. The van der Waals surface area contributed by atoms with Crippen molar-refractivity contribution < 1.29 is 5.11 Å². The summed E-state index contributed by atoms with van der Waals surface area (Å²) in [5.74, 6) is 3.72. The first-order valence-corrected chi connectivity index (χ1v) is 10.2. The zero-order valence-corrected chi connectivity index (χ0v) is 14.9. The minimum atomic E-state index is -0.0726. The van der Waals surface area contributed by atoms with Gasteiger partial charge >= 0.3 is 0 Å². The first-order chi connectivity index (χ1) is 11.0. The van der Waals surface area contributed by atoms with Crippen molar-refractivity contribution in [3.05, 3.63) is 11.6 Å². The van der Waals surface area contributed by atoms with Crippen molar-refractivity contribution in [2.24, 2.45) is 34.5 Å². The van der Waals surface area contributed by atoms with Crippen LogP contribution in [0, 0.1) is 34.5 Å². The highest BCUT2D eigenvalue weighted by molar-refractivity contribution is 5.26. The molecule has 3 saturated carbocycles. The van der Waals surface area contributed by atoms with Crippen molar-refractivity contribution in [1.82, 2.24) is 5.32 Å². The molecule has 1 spiro atoms. The molecule has 2 nitrogen and oxygen atoms in total. The Labute approximate surface area is 141 Å². The van der Waals surface area contributed by atoms with Crippen LogP contribution in [0.4, 0.5) is 0 Å². The molecule has 5 aliphatic rings. The molecule has 1 aliphatic heterocycles. The minimum absolute atomic E-state index is 0.0726. The van der Waals surface area contributed by atoms with Crippen LogP contribution < -0.4 is 5.32 Å². The van der Waals surface area contributed by atoms with E-state index in [-0.39, 0.29) is 6.10 Å². The summed E-state index contributed by atoms with van der Waals surface area (Å²) in [6.45, 7) is 6.26. The topological polar surface area (TPSA) is 32.3 Å². The van der Waals surface area contributed by atoms with Gasteiger partial charge in [0, 0.05) is 12.6 Å². The van der Waals surface area contributed by atoms with Crippen LogP contribution in [0.25, 0.3) is 0 Å². The molecule has 0 aromatic rings. The number of hydrogen-bond donors (Lipinski definition) is 2. The van der Waals surface area contributed by atoms with Crippen molar-refractivity contribution in [1.29, 1.82) is 0 Å². The molecule has 0 bridgehead atoms. The number of hydrogen-bond acceptors (Lipinski definition) is 2. The van der Waals surface area contributed by atoms with Crippen LogP contribution in [0.2, 0.25) is 0 Å². The molecule has 4 fully saturated rings. The summed E-state index contributed by atoms with van der Waals surface area (Å²) in [7, 11) is 0. The summed E-state index contributed by atoms with van der Waals surface area (Å²) >= 11 is 0. The maximum absolute atomic E-state index is 10.1. The predicted molar refractivity (Wildman–Crippen MR) is 93.0 cm³/mol. The molecular formula is C21H33NO. The summed E-state index contributed by atoms with van der Waals surface area (Å²) < 4.78 is 0. The van der Waals surface area contributed by atoms with Crippen molar-refractivity contribution in [3.8, 4) is 0 Å². The average molecular weight is 316 g/mol. The molecule has 8 atom stereocenters. The number of nitrogens with one attached hydrogen (secondary N) is 1. The van der Waals surface area contributed by atoms with E-state index in [9.17, 15) is 5.11 Å². The molecule has 0 aromatic heterocycles. The number of fused-ring (bicyclic) bond motifs is 4. The lowest BCUT2D eigenvalue weighted by Gasteiger charge is -2.58. The summed E-state index contributed by atoms with van der Waals surface area (Å²) in [6, 6.07) is 0.742. The summed E-state index contributed by atoms with van der Waals surface area (Å²) in [6.07, 6.45) is 12.9. The van der Waals surface area contributed by atoms with E-state index in [0.717, 1.165) is 42.6 Å². The third kappa shape index (κ3) is 1.83. The van der Waals surface area contributed by atoms with E-state index in [4.69, 9.17) is 0 Å². The lowest BCUT2D eigenvalue weighted by molar-refractivity contribution is -0.0456. The van der Waals surface area contributed by atoms with Crippen LogP contribution in [-0.4, -0.2) is 23.8 Å². The standard InChI is InChI=1S/C21H33NO/c1-13-17-5-6-19-16-4-3-14-11-15(23)7-9-20(14,2)18(16)8-10-21(17,19)12-22-13/h3,13,15-19,22-23H,4-12H2,1-2H3. The van der Waals surface area contributed by atoms with Crippen LogP contribution in [0.1, 0.15) is 65.2 Å². The molecule has 4 aliphatic carbocycles. The van der Waals surface area contributed by atoms with Gasteiger partial charge in [0.25, 0.3) is 0 Å². The Morgan fingerprint density at radius 1 is 1.09 bits per heavy atom. The second kappa shape index (κ2) is 4.85. The highest BCUT2D eigenvalue weighted by Crippen LogP contribution is 2.67. The van der Waals surface area contributed by atoms with Crippen LogP contribution in [0.15, 0.2) is 11.6 Å². The first kappa shape index (κ1) is 15.0. The third-order valence-corrected chi connectivity index (χ3v) is 9.22. The molecular weight excluding hydrogens is 282 g/mol. The zero-order chi connectivity index (χ0) is 15.8. The second-order valence-corrected chi connectivity index (χ2v) is 9.78. The molecule has 2 N–H and O–H groups in total. The number of aliphatic hydroxyl groups excluding tert-OH is 1. The van der Waals surface area contributed by atoms with Crippen molar-refractivity contribution >= 4 is 0 Å². The molecule has 0 radical (unpaired) electrons. The molecule has 5 rings (SSSR count). The van der Waals surface area contributed by atoms with Gasteiger partial charge in [0.2, 0.25) is 0 Å². The summed E-state index contributed by atoms with van der Waals surface area (Å²) in [5, 5.41) is 13.9. The van der Waals surface area contributed by atoms with Crippen molar-refractivity contribution in [3.63, 3.8) is 0 Å². The van der Waals surface area contributed by atoms with E-state index in [1.54, 1.807) is 5.57 Å². The Balaban J connectivity index is 1.49. The van der Waals surface area contributed by atoms with Gasteiger partial charge in [-0.2, -0.15) is 0 Å². The van der Waals surface area contributed by atoms with Gasteiger partial charge in [0.15, 0.2) is 0 Å². The third-order valence-electron chi connectivity index (χ3n) is 9.22. The van der Waals surface area contributed by atoms with Crippen molar-refractivity contribution in [2.75, 3.05) is 6.54 Å². The smallest absolute Gasteiger partial charge is 0.0577 e. The lowest BCUT2D eigenvalue weighted by atomic mass is 9.47.